The molecule has 0 aliphatic heterocycles. The number of aliphatic carboxylic acids is 1. The first-order valence-corrected chi connectivity index (χ1v) is 10.4. The molecule has 1 unspecified atom stereocenters. The van der Waals surface area contributed by atoms with E-state index in [4.69, 9.17) is 0 Å². The molecule has 0 saturated heterocycles. The topological polar surface area (TPSA) is 121 Å². The van der Waals surface area contributed by atoms with Crippen LogP contribution < -0.4 is 16.2 Å². The van der Waals surface area contributed by atoms with Crippen LogP contribution in [0.4, 0.5) is 23.7 Å². The molecule has 3 aromatic rings. The van der Waals surface area contributed by atoms with E-state index in [1.807, 2.05) is 0 Å². The number of aromatic nitrogens is 1. The molecule has 1 heterocycles. The van der Waals surface area contributed by atoms with Crippen molar-refractivity contribution in [2.24, 2.45) is 7.05 Å². The third kappa shape index (κ3) is 6.62. The van der Waals surface area contributed by atoms with Crippen LogP contribution in [0.15, 0.2) is 65.6 Å². The van der Waals surface area contributed by atoms with Crippen molar-refractivity contribution < 1.29 is 33.0 Å². The van der Waals surface area contributed by atoms with Crippen LogP contribution in [0.2, 0.25) is 0 Å². The number of hydrogen-bond donors (Lipinski definition) is 4. The number of benzene rings is 2. The number of pyridine rings is 1. The lowest BCUT2D eigenvalue weighted by Crippen LogP contribution is -2.36. The van der Waals surface area contributed by atoms with Gasteiger partial charge in [-0.1, -0.05) is 42.5 Å². The van der Waals surface area contributed by atoms with Gasteiger partial charge in [0.15, 0.2) is 5.69 Å². The molecule has 35 heavy (non-hydrogen) atoms. The SMILES string of the molecule is Cn1ccc(O)c(NC(=O)NC(CC(=O)O)c2cccc(Cc3cccc(C(F)(F)F)c3)c2)c1=O. The smallest absolute Gasteiger partial charge is 0.416 e. The average Bonchev–Trinajstić information content (AvgIpc) is 2.78. The Labute approximate surface area is 197 Å². The normalized spacial score (nSPS) is 12.1. The Morgan fingerprint density at radius 1 is 1.06 bits per heavy atom. The second-order valence-corrected chi connectivity index (χ2v) is 7.86. The van der Waals surface area contributed by atoms with Gasteiger partial charge in [-0.2, -0.15) is 13.2 Å². The molecule has 8 nitrogen and oxygen atoms in total. The van der Waals surface area contributed by atoms with E-state index in [9.17, 15) is 37.8 Å². The third-order valence-electron chi connectivity index (χ3n) is 5.18. The molecule has 0 radical (unpaired) electrons. The average molecular weight is 489 g/mol. The Hall–Kier alpha value is -4.28. The van der Waals surface area contributed by atoms with E-state index >= 15 is 0 Å². The number of halogens is 3. The second kappa shape index (κ2) is 10.3. The van der Waals surface area contributed by atoms with Gasteiger partial charge >= 0.3 is 18.2 Å². The zero-order valence-corrected chi connectivity index (χ0v) is 18.5. The summed E-state index contributed by atoms with van der Waals surface area (Å²) < 4.78 is 40.2. The Morgan fingerprint density at radius 2 is 1.71 bits per heavy atom. The van der Waals surface area contributed by atoms with Crippen LogP contribution in [-0.2, 0) is 24.4 Å². The van der Waals surface area contributed by atoms with Gasteiger partial charge in [-0.25, -0.2) is 4.79 Å². The predicted molar refractivity (Wildman–Crippen MR) is 121 cm³/mol. The molecule has 2 amide bonds. The number of carboxylic acid groups (broad SMARTS) is 1. The number of amides is 2. The summed E-state index contributed by atoms with van der Waals surface area (Å²) in [7, 11) is 1.42. The van der Waals surface area contributed by atoms with Crippen molar-refractivity contribution in [2.75, 3.05) is 5.32 Å². The highest BCUT2D eigenvalue weighted by Crippen LogP contribution is 2.30. The number of carbonyl (C=O) groups is 2. The minimum absolute atomic E-state index is 0.150. The monoisotopic (exact) mass is 489 g/mol. The van der Waals surface area contributed by atoms with Gasteiger partial charge in [0.2, 0.25) is 0 Å². The number of carboxylic acids is 1. The molecule has 3 rings (SSSR count). The third-order valence-corrected chi connectivity index (χ3v) is 5.18. The van der Waals surface area contributed by atoms with Gasteiger partial charge in [-0.05, 0) is 35.2 Å². The summed E-state index contributed by atoms with van der Waals surface area (Å²) in [5.41, 5.74) is -0.402. The van der Waals surface area contributed by atoms with E-state index in [1.54, 1.807) is 30.3 Å². The summed E-state index contributed by atoms with van der Waals surface area (Å²) in [6.45, 7) is 0. The van der Waals surface area contributed by atoms with Gasteiger partial charge < -0.3 is 25.4 Å². The number of anilines is 1. The standard InChI is InChI=1S/C24H22F3N3O5/c1-30-9-8-19(31)21(22(30)34)29-23(35)28-18(13-20(32)33)16-6-2-4-14(11-16)10-15-5-3-7-17(12-15)24(25,26)27/h2-9,11-12,18,31H,10,13H2,1H3,(H,32,33)(H2,28,29,35). The highest BCUT2D eigenvalue weighted by atomic mass is 19.4. The molecule has 1 aromatic heterocycles. The lowest BCUT2D eigenvalue weighted by molar-refractivity contribution is -0.138. The molecule has 1 atom stereocenters. The largest absolute Gasteiger partial charge is 0.505 e. The van der Waals surface area contributed by atoms with E-state index < -0.39 is 47.5 Å². The van der Waals surface area contributed by atoms with E-state index in [0.29, 0.717) is 16.7 Å². The van der Waals surface area contributed by atoms with E-state index in [-0.39, 0.29) is 12.1 Å². The van der Waals surface area contributed by atoms with Crippen LogP contribution in [0.3, 0.4) is 0 Å². The van der Waals surface area contributed by atoms with Crippen LogP contribution in [0, 0.1) is 0 Å². The van der Waals surface area contributed by atoms with Gasteiger partial charge in [-0.3, -0.25) is 9.59 Å². The summed E-state index contributed by atoms with van der Waals surface area (Å²) in [5.74, 6) is -1.67. The van der Waals surface area contributed by atoms with Crippen molar-refractivity contribution in [1.29, 1.82) is 0 Å². The zero-order valence-electron chi connectivity index (χ0n) is 18.5. The molecule has 0 aliphatic rings. The molecule has 0 bridgehead atoms. The maximum absolute atomic E-state index is 13.0. The highest BCUT2D eigenvalue weighted by molar-refractivity contribution is 5.91. The fourth-order valence-electron chi connectivity index (χ4n) is 3.48. The van der Waals surface area contributed by atoms with Crippen LogP contribution in [0.25, 0.3) is 0 Å². The lowest BCUT2D eigenvalue weighted by atomic mass is 9.97. The maximum atomic E-state index is 13.0. The minimum atomic E-state index is -4.48. The summed E-state index contributed by atoms with van der Waals surface area (Å²) in [4.78, 5) is 36.1. The fourth-order valence-corrected chi connectivity index (χ4v) is 3.48. The molecular formula is C24H22F3N3O5. The molecule has 4 N–H and O–H groups in total. The van der Waals surface area contributed by atoms with Gasteiger partial charge in [0.05, 0.1) is 18.0 Å². The number of nitrogens with one attached hydrogen (secondary N) is 2. The molecule has 2 aromatic carbocycles. The van der Waals surface area contributed by atoms with Gasteiger partial charge in [0, 0.05) is 13.2 Å². The van der Waals surface area contributed by atoms with Gasteiger partial charge in [0.1, 0.15) is 5.75 Å². The molecular weight excluding hydrogens is 467 g/mol. The fraction of sp³-hybridized carbons (Fsp3) is 0.208. The van der Waals surface area contributed by atoms with Crippen molar-refractivity contribution in [3.8, 4) is 5.75 Å². The van der Waals surface area contributed by atoms with Gasteiger partial charge in [-0.15, -0.1) is 0 Å². The highest BCUT2D eigenvalue weighted by Gasteiger charge is 2.30. The first kappa shape index (κ1) is 25.3. The van der Waals surface area contributed by atoms with Crippen molar-refractivity contribution in [3.05, 3.63) is 93.4 Å². The number of urea groups is 1. The minimum Gasteiger partial charge on any atom is -0.505 e. The van der Waals surface area contributed by atoms with Crippen molar-refractivity contribution in [3.63, 3.8) is 0 Å². The summed E-state index contributed by atoms with van der Waals surface area (Å²) >= 11 is 0. The van der Waals surface area contributed by atoms with Crippen molar-refractivity contribution in [1.82, 2.24) is 9.88 Å². The Morgan fingerprint density at radius 3 is 2.37 bits per heavy atom. The quantitative estimate of drug-likeness (QED) is 0.399. The van der Waals surface area contributed by atoms with E-state index in [2.05, 4.69) is 10.6 Å². The first-order valence-electron chi connectivity index (χ1n) is 10.4. The Bertz CT molecular complexity index is 1300. The molecule has 184 valence electrons. The van der Waals surface area contributed by atoms with Crippen LogP contribution >= 0.6 is 0 Å². The molecule has 0 saturated carbocycles. The summed E-state index contributed by atoms with van der Waals surface area (Å²) in [6.07, 6.45) is -3.52. The van der Waals surface area contributed by atoms with Crippen molar-refractivity contribution in [2.45, 2.75) is 25.1 Å². The first-order chi connectivity index (χ1) is 16.4. The summed E-state index contributed by atoms with van der Waals surface area (Å²) in [5, 5.41) is 23.9. The maximum Gasteiger partial charge on any atom is 0.416 e. The number of alkyl halides is 3. The summed E-state index contributed by atoms with van der Waals surface area (Å²) in [6, 6.07) is 10.6. The predicted octanol–water partition coefficient (Wildman–Crippen LogP) is 4.04. The number of aromatic hydroxyl groups is 1. The number of nitrogens with zero attached hydrogens (tertiary/aromatic N) is 1. The van der Waals surface area contributed by atoms with Crippen molar-refractivity contribution >= 4 is 17.7 Å². The number of hydrogen-bond acceptors (Lipinski definition) is 4. The Kier molecular flexibility index (Phi) is 7.48. The van der Waals surface area contributed by atoms with Crippen LogP contribution in [0.5, 0.6) is 5.75 Å². The Balaban J connectivity index is 1.82. The van der Waals surface area contributed by atoms with E-state index in [0.717, 1.165) is 16.7 Å². The van der Waals surface area contributed by atoms with Gasteiger partial charge in [0.25, 0.3) is 5.56 Å². The lowest BCUT2D eigenvalue weighted by Gasteiger charge is -2.19. The molecule has 0 spiro atoms. The van der Waals surface area contributed by atoms with E-state index in [1.165, 1.54) is 25.4 Å². The molecule has 0 aliphatic carbocycles. The zero-order chi connectivity index (χ0) is 25.8. The number of aryl methyl sites for hydroxylation is 1. The van der Waals surface area contributed by atoms with Crippen LogP contribution in [0.1, 0.15) is 34.7 Å². The molecule has 0 fully saturated rings. The number of carbonyl (C=O) groups excluding carboxylic acids is 1. The van der Waals surface area contributed by atoms with Crippen LogP contribution in [-0.4, -0.2) is 26.8 Å². The number of rotatable bonds is 7. The molecule has 11 heteroatoms. The second-order valence-electron chi connectivity index (χ2n) is 7.86.